The molecule has 7 nitrogen and oxygen atoms in total. The summed E-state index contributed by atoms with van der Waals surface area (Å²) in [5.74, 6) is -0.160. The van der Waals surface area contributed by atoms with E-state index in [-0.39, 0.29) is 5.82 Å². The molecular weight excluding hydrogens is 274 g/mol. The molecule has 0 spiro atoms. The van der Waals surface area contributed by atoms with Gasteiger partial charge in [0.1, 0.15) is 5.76 Å². The third-order valence-electron chi connectivity index (χ3n) is 2.71. The van der Waals surface area contributed by atoms with Gasteiger partial charge in [-0.25, -0.2) is 4.79 Å². The van der Waals surface area contributed by atoms with E-state index in [1.54, 1.807) is 19.9 Å². The quantitative estimate of drug-likeness (QED) is 0.845. The SMILES string of the molecule is CCC(OC(=O)c1ccncc1)C(=O)Nc1cc(C)on1. The molecule has 0 radical (unpaired) electrons. The van der Waals surface area contributed by atoms with E-state index in [0.29, 0.717) is 17.7 Å². The number of carbonyl (C=O) groups is 2. The van der Waals surface area contributed by atoms with Gasteiger partial charge in [-0.3, -0.25) is 9.78 Å². The molecule has 2 rings (SSSR count). The van der Waals surface area contributed by atoms with Crippen LogP contribution in [0, 0.1) is 6.92 Å². The lowest BCUT2D eigenvalue weighted by molar-refractivity contribution is -0.124. The summed E-state index contributed by atoms with van der Waals surface area (Å²) in [7, 11) is 0. The van der Waals surface area contributed by atoms with Crippen LogP contribution in [0.4, 0.5) is 5.82 Å². The largest absolute Gasteiger partial charge is 0.449 e. The lowest BCUT2D eigenvalue weighted by atomic mass is 10.2. The topological polar surface area (TPSA) is 94.3 Å². The van der Waals surface area contributed by atoms with E-state index in [1.807, 2.05) is 0 Å². The number of ether oxygens (including phenoxy) is 1. The maximum absolute atomic E-state index is 12.0. The van der Waals surface area contributed by atoms with Crippen molar-refractivity contribution in [2.75, 3.05) is 5.32 Å². The van der Waals surface area contributed by atoms with Crippen LogP contribution in [0.5, 0.6) is 0 Å². The van der Waals surface area contributed by atoms with Crippen LogP contribution >= 0.6 is 0 Å². The Labute approximate surface area is 121 Å². The number of amides is 1. The van der Waals surface area contributed by atoms with Gasteiger partial charge in [0.15, 0.2) is 11.9 Å². The number of nitrogens with zero attached hydrogens (tertiary/aromatic N) is 2. The molecule has 0 aliphatic rings. The average molecular weight is 289 g/mol. The molecule has 0 bridgehead atoms. The number of hydrogen-bond acceptors (Lipinski definition) is 6. The summed E-state index contributed by atoms with van der Waals surface area (Å²) in [5.41, 5.74) is 0.341. The van der Waals surface area contributed by atoms with Gasteiger partial charge in [0, 0.05) is 18.5 Å². The number of pyridine rings is 1. The molecule has 2 aromatic rings. The molecule has 0 fully saturated rings. The van der Waals surface area contributed by atoms with E-state index in [2.05, 4.69) is 15.5 Å². The van der Waals surface area contributed by atoms with Gasteiger partial charge in [0.2, 0.25) is 0 Å². The molecule has 0 saturated heterocycles. The van der Waals surface area contributed by atoms with Crippen molar-refractivity contribution in [1.82, 2.24) is 10.1 Å². The lowest BCUT2D eigenvalue weighted by Gasteiger charge is -2.14. The lowest BCUT2D eigenvalue weighted by Crippen LogP contribution is -2.32. The molecule has 1 atom stereocenters. The number of carbonyl (C=O) groups excluding carboxylic acids is 2. The fraction of sp³-hybridized carbons (Fsp3) is 0.286. The van der Waals surface area contributed by atoms with Gasteiger partial charge >= 0.3 is 5.97 Å². The maximum atomic E-state index is 12.0. The Morgan fingerprint density at radius 1 is 1.38 bits per heavy atom. The summed E-state index contributed by atoms with van der Waals surface area (Å²) >= 11 is 0. The highest BCUT2D eigenvalue weighted by Gasteiger charge is 2.22. The zero-order valence-electron chi connectivity index (χ0n) is 11.7. The Morgan fingerprint density at radius 2 is 2.10 bits per heavy atom. The Kier molecular flexibility index (Phi) is 4.65. The van der Waals surface area contributed by atoms with Gasteiger partial charge in [-0.05, 0) is 25.5 Å². The summed E-state index contributed by atoms with van der Waals surface area (Å²) in [4.78, 5) is 27.8. The molecule has 1 N–H and O–H groups in total. The molecule has 2 heterocycles. The normalized spacial score (nSPS) is 11.7. The van der Waals surface area contributed by atoms with Crippen molar-refractivity contribution in [3.8, 4) is 0 Å². The number of aromatic nitrogens is 2. The first kappa shape index (κ1) is 14.7. The molecule has 1 amide bonds. The second-order valence-electron chi connectivity index (χ2n) is 4.35. The highest BCUT2D eigenvalue weighted by atomic mass is 16.5. The number of nitrogens with one attached hydrogen (secondary N) is 1. The van der Waals surface area contributed by atoms with E-state index in [1.165, 1.54) is 24.5 Å². The van der Waals surface area contributed by atoms with Crippen molar-refractivity contribution in [2.45, 2.75) is 26.4 Å². The molecule has 0 saturated carbocycles. The highest BCUT2D eigenvalue weighted by molar-refractivity contribution is 5.96. The summed E-state index contributed by atoms with van der Waals surface area (Å²) in [6.07, 6.45) is 2.41. The second-order valence-corrected chi connectivity index (χ2v) is 4.35. The van der Waals surface area contributed by atoms with E-state index in [9.17, 15) is 9.59 Å². The van der Waals surface area contributed by atoms with Crippen molar-refractivity contribution in [1.29, 1.82) is 0 Å². The highest BCUT2D eigenvalue weighted by Crippen LogP contribution is 2.11. The fourth-order valence-electron chi connectivity index (χ4n) is 1.64. The summed E-state index contributed by atoms with van der Waals surface area (Å²) < 4.78 is 10.0. The molecule has 0 aliphatic heterocycles. The Bertz CT molecular complexity index is 624. The molecule has 1 unspecified atom stereocenters. The number of hydrogen-bond donors (Lipinski definition) is 1. The Morgan fingerprint density at radius 3 is 2.67 bits per heavy atom. The van der Waals surface area contributed by atoms with Crippen LogP contribution in [-0.2, 0) is 9.53 Å². The molecule has 0 aromatic carbocycles. The van der Waals surface area contributed by atoms with Crippen LogP contribution in [0.15, 0.2) is 35.1 Å². The van der Waals surface area contributed by atoms with Gasteiger partial charge in [0.25, 0.3) is 5.91 Å². The van der Waals surface area contributed by atoms with Crippen LogP contribution in [-0.4, -0.2) is 28.1 Å². The predicted molar refractivity (Wildman–Crippen MR) is 73.6 cm³/mol. The number of rotatable bonds is 5. The maximum Gasteiger partial charge on any atom is 0.339 e. The standard InChI is InChI=1S/C14H15N3O4/c1-3-11(13(18)16-12-8-9(2)21-17-12)20-14(19)10-4-6-15-7-5-10/h4-8,11H,3H2,1-2H3,(H,16,17,18). The van der Waals surface area contributed by atoms with Crippen molar-refractivity contribution in [3.05, 3.63) is 41.9 Å². The average Bonchev–Trinajstić information content (AvgIpc) is 2.90. The Balaban J connectivity index is 1.99. The van der Waals surface area contributed by atoms with Crippen LogP contribution in [0.1, 0.15) is 29.5 Å². The van der Waals surface area contributed by atoms with E-state index in [0.717, 1.165) is 0 Å². The van der Waals surface area contributed by atoms with Gasteiger partial charge in [-0.1, -0.05) is 12.1 Å². The minimum Gasteiger partial charge on any atom is -0.449 e. The minimum absolute atomic E-state index is 0.288. The van der Waals surface area contributed by atoms with Gasteiger partial charge in [-0.15, -0.1) is 0 Å². The predicted octanol–water partition coefficient (Wildman–Crippen LogP) is 1.95. The molecule has 7 heteroatoms. The molecule has 2 aromatic heterocycles. The van der Waals surface area contributed by atoms with Gasteiger partial charge in [0.05, 0.1) is 5.56 Å². The van der Waals surface area contributed by atoms with Crippen LogP contribution in [0.3, 0.4) is 0 Å². The van der Waals surface area contributed by atoms with Crippen LogP contribution < -0.4 is 5.32 Å². The van der Waals surface area contributed by atoms with E-state index in [4.69, 9.17) is 9.26 Å². The second kappa shape index (κ2) is 6.65. The third kappa shape index (κ3) is 3.88. The Hall–Kier alpha value is -2.70. The van der Waals surface area contributed by atoms with Crippen molar-refractivity contribution in [2.24, 2.45) is 0 Å². The number of esters is 1. The van der Waals surface area contributed by atoms with Crippen molar-refractivity contribution >= 4 is 17.7 Å². The van der Waals surface area contributed by atoms with Crippen molar-refractivity contribution < 1.29 is 18.8 Å². The number of anilines is 1. The van der Waals surface area contributed by atoms with Crippen LogP contribution in [0.25, 0.3) is 0 Å². The molecule has 0 aliphatic carbocycles. The zero-order chi connectivity index (χ0) is 15.2. The molecular formula is C14H15N3O4. The summed E-state index contributed by atoms with van der Waals surface area (Å²) in [5, 5.41) is 6.19. The van der Waals surface area contributed by atoms with Gasteiger partial charge in [-0.2, -0.15) is 0 Å². The zero-order valence-corrected chi connectivity index (χ0v) is 11.7. The third-order valence-corrected chi connectivity index (χ3v) is 2.71. The molecule has 21 heavy (non-hydrogen) atoms. The smallest absolute Gasteiger partial charge is 0.339 e. The molecule has 110 valence electrons. The van der Waals surface area contributed by atoms with E-state index < -0.39 is 18.0 Å². The summed E-state index contributed by atoms with van der Waals surface area (Å²) in [6.45, 7) is 3.46. The van der Waals surface area contributed by atoms with Crippen molar-refractivity contribution in [3.63, 3.8) is 0 Å². The van der Waals surface area contributed by atoms with E-state index >= 15 is 0 Å². The summed E-state index contributed by atoms with van der Waals surface area (Å²) in [6, 6.07) is 4.62. The minimum atomic E-state index is -0.900. The first-order chi connectivity index (χ1) is 10.1. The monoisotopic (exact) mass is 289 g/mol. The fourth-order valence-corrected chi connectivity index (χ4v) is 1.64. The number of aryl methyl sites for hydroxylation is 1. The first-order valence-corrected chi connectivity index (χ1v) is 6.45. The van der Waals surface area contributed by atoms with Crippen LogP contribution in [0.2, 0.25) is 0 Å². The van der Waals surface area contributed by atoms with Gasteiger partial charge < -0.3 is 14.6 Å². The first-order valence-electron chi connectivity index (χ1n) is 6.45.